The number of nitrogens with one attached hydrogen (secondary N) is 1. The van der Waals surface area contributed by atoms with Crippen LogP contribution >= 0.6 is 23.2 Å². The highest BCUT2D eigenvalue weighted by Crippen LogP contribution is 2.23. The van der Waals surface area contributed by atoms with Gasteiger partial charge >= 0.3 is 0 Å². The van der Waals surface area contributed by atoms with Crippen LogP contribution in [0.4, 0.5) is 5.69 Å². The second kappa shape index (κ2) is 8.06. The number of benzene rings is 3. The van der Waals surface area contributed by atoms with Crippen molar-refractivity contribution in [1.29, 1.82) is 0 Å². The van der Waals surface area contributed by atoms with Crippen molar-refractivity contribution in [3.8, 4) is 5.75 Å². The van der Waals surface area contributed by atoms with Gasteiger partial charge in [-0.3, -0.25) is 4.79 Å². The van der Waals surface area contributed by atoms with Crippen molar-refractivity contribution in [2.75, 3.05) is 5.32 Å². The van der Waals surface area contributed by atoms with Gasteiger partial charge < -0.3 is 10.1 Å². The number of carbonyl (C=O) groups excluding carboxylic acids is 1. The Kier molecular flexibility index (Phi) is 5.59. The van der Waals surface area contributed by atoms with Gasteiger partial charge in [-0.05, 0) is 48.0 Å². The van der Waals surface area contributed by atoms with Crippen molar-refractivity contribution in [2.45, 2.75) is 6.61 Å². The summed E-state index contributed by atoms with van der Waals surface area (Å²) in [7, 11) is 0. The number of rotatable bonds is 5. The molecule has 0 aliphatic carbocycles. The fourth-order valence-electron chi connectivity index (χ4n) is 2.22. The first kappa shape index (κ1) is 17.3. The van der Waals surface area contributed by atoms with E-state index in [9.17, 15) is 4.79 Å². The SMILES string of the molecule is O=C(Nc1ccc(OCc2ccccc2)cc1)c1ccc(Cl)c(Cl)c1. The maximum atomic E-state index is 12.2. The molecule has 0 bridgehead atoms. The number of anilines is 1. The number of halogens is 2. The standard InChI is InChI=1S/C20H15Cl2NO2/c21-18-11-6-15(12-19(18)22)20(24)23-16-7-9-17(10-8-16)25-13-14-4-2-1-3-5-14/h1-12H,13H2,(H,23,24). The van der Waals surface area contributed by atoms with E-state index < -0.39 is 0 Å². The van der Waals surface area contributed by atoms with Crippen LogP contribution in [-0.2, 0) is 6.61 Å². The molecule has 3 aromatic rings. The Balaban J connectivity index is 1.60. The van der Waals surface area contributed by atoms with Gasteiger partial charge in [0, 0.05) is 11.3 Å². The van der Waals surface area contributed by atoms with E-state index in [0.717, 1.165) is 11.3 Å². The van der Waals surface area contributed by atoms with E-state index in [0.29, 0.717) is 27.9 Å². The van der Waals surface area contributed by atoms with Gasteiger partial charge in [-0.15, -0.1) is 0 Å². The molecule has 3 nitrogen and oxygen atoms in total. The van der Waals surface area contributed by atoms with Crippen LogP contribution in [0.2, 0.25) is 10.0 Å². The molecule has 3 aromatic carbocycles. The minimum Gasteiger partial charge on any atom is -0.489 e. The van der Waals surface area contributed by atoms with E-state index >= 15 is 0 Å². The topological polar surface area (TPSA) is 38.3 Å². The molecule has 0 heterocycles. The van der Waals surface area contributed by atoms with Crippen molar-refractivity contribution in [2.24, 2.45) is 0 Å². The molecule has 3 rings (SSSR count). The first-order valence-electron chi connectivity index (χ1n) is 7.65. The fraction of sp³-hybridized carbons (Fsp3) is 0.0500. The molecule has 0 spiro atoms. The molecule has 0 aliphatic heterocycles. The normalized spacial score (nSPS) is 10.3. The van der Waals surface area contributed by atoms with Gasteiger partial charge in [0.2, 0.25) is 0 Å². The lowest BCUT2D eigenvalue weighted by Crippen LogP contribution is -2.11. The minimum atomic E-state index is -0.253. The van der Waals surface area contributed by atoms with E-state index in [4.69, 9.17) is 27.9 Å². The van der Waals surface area contributed by atoms with Crippen LogP contribution in [0.3, 0.4) is 0 Å². The first-order valence-corrected chi connectivity index (χ1v) is 8.40. The van der Waals surface area contributed by atoms with E-state index in [-0.39, 0.29) is 5.91 Å². The van der Waals surface area contributed by atoms with Crippen molar-refractivity contribution < 1.29 is 9.53 Å². The molecule has 1 N–H and O–H groups in total. The number of hydrogen-bond acceptors (Lipinski definition) is 2. The summed E-state index contributed by atoms with van der Waals surface area (Å²) in [5.74, 6) is 0.480. The maximum Gasteiger partial charge on any atom is 0.255 e. The molecule has 0 saturated carbocycles. The number of amides is 1. The summed E-state index contributed by atoms with van der Waals surface area (Å²) in [6.45, 7) is 0.496. The van der Waals surface area contributed by atoms with Gasteiger partial charge in [0.05, 0.1) is 10.0 Å². The third-order valence-corrected chi connectivity index (χ3v) is 4.28. The van der Waals surface area contributed by atoms with E-state index in [2.05, 4.69) is 5.32 Å². The van der Waals surface area contributed by atoms with Crippen LogP contribution < -0.4 is 10.1 Å². The zero-order valence-corrected chi connectivity index (χ0v) is 14.7. The molecule has 5 heteroatoms. The Bertz CT molecular complexity index is 865. The van der Waals surface area contributed by atoms with Gasteiger partial charge in [0.25, 0.3) is 5.91 Å². The Hall–Kier alpha value is -2.49. The number of ether oxygens (including phenoxy) is 1. The Morgan fingerprint density at radius 1 is 0.880 bits per heavy atom. The molecule has 25 heavy (non-hydrogen) atoms. The average Bonchev–Trinajstić information content (AvgIpc) is 2.64. The summed E-state index contributed by atoms with van der Waals surface area (Å²) in [5.41, 5.74) is 2.21. The van der Waals surface area contributed by atoms with Crippen molar-refractivity contribution in [3.05, 3.63) is 94.0 Å². The Morgan fingerprint density at radius 2 is 1.60 bits per heavy atom. The highest BCUT2D eigenvalue weighted by Gasteiger charge is 2.08. The van der Waals surface area contributed by atoms with Crippen LogP contribution in [0.1, 0.15) is 15.9 Å². The predicted octanol–water partition coefficient (Wildman–Crippen LogP) is 5.82. The van der Waals surface area contributed by atoms with E-state index in [1.165, 1.54) is 6.07 Å². The largest absolute Gasteiger partial charge is 0.489 e. The predicted molar refractivity (Wildman–Crippen MR) is 102 cm³/mol. The van der Waals surface area contributed by atoms with Crippen LogP contribution in [0.5, 0.6) is 5.75 Å². The zero-order chi connectivity index (χ0) is 17.6. The molecule has 0 unspecified atom stereocenters. The first-order chi connectivity index (χ1) is 12.1. The molecular weight excluding hydrogens is 357 g/mol. The molecule has 0 aliphatic rings. The molecule has 0 fully saturated rings. The fourth-order valence-corrected chi connectivity index (χ4v) is 2.51. The summed E-state index contributed by atoms with van der Waals surface area (Å²) < 4.78 is 5.72. The molecule has 0 radical (unpaired) electrons. The van der Waals surface area contributed by atoms with E-state index in [1.54, 1.807) is 24.3 Å². The second-order valence-electron chi connectivity index (χ2n) is 5.38. The smallest absolute Gasteiger partial charge is 0.255 e. The van der Waals surface area contributed by atoms with Crippen LogP contribution in [0.15, 0.2) is 72.8 Å². The number of carbonyl (C=O) groups is 1. The number of hydrogen-bond donors (Lipinski definition) is 1. The summed E-state index contributed by atoms with van der Waals surface area (Å²) in [6.07, 6.45) is 0. The van der Waals surface area contributed by atoms with Crippen molar-refractivity contribution in [3.63, 3.8) is 0 Å². The summed E-state index contributed by atoms with van der Waals surface area (Å²) in [5, 5.41) is 3.57. The lowest BCUT2D eigenvalue weighted by Gasteiger charge is -2.09. The van der Waals surface area contributed by atoms with Gasteiger partial charge in [-0.25, -0.2) is 0 Å². The molecular formula is C20H15Cl2NO2. The summed E-state index contributed by atoms with van der Waals surface area (Å²) in [4.78, 5) is 12.2. The monoisotopic (exact) mass is 371 g/mol. The van der Waals surface area contributed by atoms with Crippen molar-refractivity contribution >= 4 is 34.8 Å². The summed E-state index contributed by atoms with van der Waals surface area (Å²) in [6, 6.07) is 21.9. The lowest BCUT2D eigenvalue weighted by atomic mass is 10.2. The van der Waals surface area contributed by atoms with Gasteiger partial charge in [0.15, 0.2) is 0 Å². The summed E-state index contributed by atoms with van der Waals surface area (Å²) >= 11 is 11.8. The third kappa shape index (κ3) is 4.75. The molecule has 0 aromatic heterocycles. The van der Waals surface area contributed by atoms with E-state index in [1.807, 2.05) is 42.5 Å². The molecule has 1 amide bonds. The van der Waals surface area contributed by atoms with Crippen LogP contribution in [0, 0.1) is 0 Å². The van der Waals surface area contributed by atoms with Crippen LogP contribution in [0.25, 0.3) is 0 Å². The zero-order valence-electron chi connectivity index (χ0n) is 13.2. The van der Waals surface area contributed by atoms with Crippen molar-refractivity contribution in [1.82, 2.24) is 0 Å². The molecule has 126 valence electrons. The highest BCUT2D eigenvalue weighted by molar-refractivity contribution is 6.42. The lowest BCUT2D eigenvalue weighted by molar-refractivity contribution is 0.102. The maximum absolute atomic E-state index is 12.2. The third-order valence-electron chi connectivity index (χ3n) is 3.54. The van der Waals surface area contributed by atoms with Gasteiger partial charge in [-0.2, -0.15) is 0 Å². The van der Waals surface area contributed by atoms with Gasteiger partial charge in [-0.1, -0.05) is 53.5 Å². The quantitative estimate of drug-likeness (QED) is 0.612. The minimum absolute atomic E-state index is 0.253. The Labute approximate surface area is 156 Å². The molecule has 0 saturated heterocycles. The average molecular weight is 372 g/mol. The Morgan fingerprint density at radius 3 is 2.28 bits per heavy atom. The highest BCUT2D eigenvalue weighted by atomic mass is 35.5. The van der Waals surface area contributed by atoms with Crippen LogP contribution in [-0.4, -0.2) is 5.91 Å². The van der Waals surface area contributed by atoms with Gasteiger partial charge in [0.1, 0.15) is 12.4 Å². The second-order valence-corrected chi connectivity index (χ2v) is 6.20. The molecule has 0 atom stereocenters.